The predicted octanol–water partition coefficient (Wildman–Crippen LogP) is 10.0. The van der Waals surface area contributed by atoms with Crippen molar-refractivity contribution in [2.75, 3.05) is 46.1 Å². The van der Waals surface area contributed by atoms with Crippen molar-refractivity contribution in [3.05, 3.63) is 178 Å². The lowest BCUT2D eigenvalue weighted by atomic mass is 9.55. The quantitative estimate of drug-likeness (QED) is 0.0152. The number of hydrogen-bond acceptors (Lipinski definition) is 11. The second kappa shape index (κ2) is 23.1. The van der Waals surface area contributed by atoms with Crippen LogP contribution in [0.5, 0.6) is 11.5 Å². The van der Waals surface area contributed by atoms with E-state index in [4.69, 9.17) is 24.2 Å². The average Bonchev–Trinajstić information content (AvgIpc) is 4.23. The van der Waals surface area contributed by atoms with Crippen LogP contribution in [0.2, 0.25) is 0 Å². The van der Waals surface area contributed by atoms with E-state index in [2.05, 4.69) is 41.8 Å². The summed E-state index contributed by atoms with van der Waals surface area (Å²) >= 11 is 0. The molecule has 4 aliphatic rings. The second-order valence-electron chi connectivity index (χ2n) is 19.0. The molecular weight excluding hydrogens is 897 g/mol. The number of unbranched alkanes of at least 4 members (excludes halogenated alkanes) is 2. The summed E-state index contributed by atoms with van der Waals surface area (Å²) in [5, 5.41) is 38.7. The monoisotopic (exact) mass is 960 g/mol. The van der Waals surface area contributed by atoms with E-state index in [0.29, 0.717) is 36.5 Å². The standard InChI is InChI=1S/C58H64N4O9/c1-2-34-69-58-54(61(39-45-18-12-17-43-15-6-7-19-48(43)45)55(65)28-23-41-21-24-46(25-22-41)62(66)67)38-52(59-70-40-42-13-4-3-5-14-42)50-36-44(16-8-10-32-63)49(20-9-11-33-64)56(57(50)58)51-37-47(26-27-53(51)71-58)68-35-31-60-29-30-60/h2-7,12-15,17-19,21-28,36-37,44,49,54,56-57,63-64H,1,8-11,16,20,29-35,38-40H2/t44-,49+,54-,56+,57+,58+/m0/s1. The van der Waals surface area contributed by atoms with Crippen LogP contribution in [-0.2, 0) is 27.5 Å². The Kier molecular flexibility index (Phi) is 16.0. The Morgan fingerprint density at radius 2 is 1.69 bits per heavy atom. The molecule has 0 radical (unpaired) electrons. The first kappa shape index (κ1) is 49.3. The van der Waals surface area contributed by atoms with Crippen LogP contribution in [0.1, 0.15) is 73.1 Å². The number of nitro groups is 1. The molecule has 0 aromatic heterocycles. The number of aliphatic hydroxyl groups is 2. The molecule has 1 saturated heterocycles. The summed E-state index contributed by atoms with van der Waals surface area (Å²) in [6, 6.07) is 35.5. The average molecular weight is 961 g/mol. The third-order valence-electron chi connectivity index (χ3n) is 14.5. The summed E-state index contributed by atoms with van der Waals surface area (Å²) in [6.45, 7) is 8.33. The molecule has 2 aliphatic carbocycles. The molecule has 1 saturated carbocycles. The maximum atomic E-state index is 15.5. The molecule has 2 heterocycles. The third-order valence-corrected chi connectivity index (χ3v) is 14.5. The van der Waals surface area contributed by atoms with Gasteiger partial charge in [0.1, 0.15) is 30.8 Å². The first-order valence-electron chi connectivity index (χ1n) is 25.1. The van der Waals surface area contributed by atoms with Crippen LogP contribution in [0.25, 0.3) is 16.8 Å². The number of rotatable bonds is 24. The molecule has 13 nitrogen and oxygen atoms in total. The summed E-state index contributed by atoms with van der Waals surface area (Å²) in [5.41, 5.74) is 5.07. The first-order valence-corrected chi connectivity index (χ1v) is 25.1. The summed E-state index contributed by atoms with van der Waals surface area (Å²) in [5.74, 6) is -1.10. The van der Waals surface area contributed by atoms with Gasteiger partial charge in [-0.3, -0.25) is 19.8 Å². The highest BCUT2D eigenvalue weighted by atomic mass is 16.7. The van der Waals surface area contributed by atoms with Crippen molar-refractivity contribution in [1.82, 2.24) is 9.80 Å². The number of benzene rings is 5. The highest BCUT2D eigenvalue weighted by molar-refractivity contribution is 6.03. The van der Waals surface area contributed by atoms with Gasteiger partial charge in [-0.2, -0.15) is 0 Å². The van der Waals surface area contributed by atoms with Gasteiger partial charge >= 0.3 is 0 Å². The predicted molar refractivity (Wildman–Crippen MR) is 275 cm³/mol. The Morgan fingerprint density at radius 1 is 0.930 bits per heavy atom. The van der Waals surface area contributed by atoms with Gasteiger partial charge in [0.05, 0.1) is 23.2 Å². The first-order chi connectivity index (χ1) is 34.8. The number of ether oxygens (including phenoxy) is 3. The minimum atomic E-state index is -1.50. The van der Waals surface area contributed by atoms with Crippen molar-refractivity contribution < 1.29 is 39.0 Å². The van der Waals surface area contributed by atoms with Gasteiger partial charge in [0.25, 0.3) is 5.69 Å². The van der Waals surface area contributed by atoms with E-state index in [-0.39, 0.29) is 68.7 Å². The number of hydrogen-bond donors (Lipinski definition) is 2. The maximum Gasteiger partial charge on any atom is 0.269 e. The van der Waals surface area contributed by atoms with Gasteiger partial charge in [0, 0.05) is 75.5 Å². The topological polar surface area (TPSA) is 156 Å². The van der Waals surface area contributed by atoms with Crippen LogP contribution in [-0.4, -0.2) is 94.4 Å². The molecule has 5 aromatic rings. The molecule has 2 N–H and O–H groups in total. The van der Waals surface area contributed by atoms with E-state index in [9.17, 15) is 20.3 Å². The van der Waals surface area contributed by atoms with E-state index in [1.54, 1.807) is 24.3 Å². The Hall–Kier alpha value is -6.64. The van der Waals surface area contributed by atoms with Crippen LogP contribution in [0.3, 0.4) is 0 Å². The van der Waals surface area contributed by atoms with Gasteiger partial charge in [-0.15, -0.1) is 6.58 Å². The highest BCUT2D eigenvalue weighted by Crippen LogP contribution is 2.62. The zero-order valence-corrected chi connectivity index (χ0v) is 40.2. The van der Waals surface area contributed by atoms with Crippen LogP contribution in [0.4, 0.5) is 5.69 Å². The molecule has 9 rings (SSSR count). The van der Waals surface area contributed by atoms with Crippen molar-refractivity contribution in [3.63, 3.8) is 0 Å². The third kappa shape index (κ3) is 11.3. The van der Waals surface area contributed by atoms with Gasteiger partial charge < -0.3 is 34.2 Å². The zero-order valence-electron chi connectivity index (χ0n) is 40.2. The minimum Gasteiger partial charge on any atom is -0.492 e. The van der Waals surface area contributed by atoms with Crippen molar-refractivity contribution in [1.29, 1.82) is 0 Å². The highest BCUT2D eigenvalue weighted by Gasteiger charge is 2.65. The largest absolute Gasteiger partial charge is 0.492 e. The fraction of sp³-hybridized carbons (Fsp3) is 0.379. The van der Waals surface area contributed by atoms with Crippen molar-refractivity contribution in [2.45, 2.75) is 75.8 Å². The summed E-state index contributed by atoms with van der Waals surface area (Å²) in [6.07, 6.45) is 12.0. The second-order valence-corrected chi connectivity index (χ2v) is 19.0. The molecule has 0 spiro atoms. The van der Waals surface area contributed by atoms with Crippen molar-refractivity contribution >= 4 is 34.2 Å². The summed E-state index contributed by atoms with van der Waals surface area (Å²) < 4.78 is 21.3. The van der Waals surface area contributed by atoms with Gasteiger partial charge in [-0.25, -0.2) is 0 Å². The lowest BCUT2D eigenvalue weighted by molar-refractivity contribution is -0.384. The van der Waals surface area contributed by atoms with Gasteiger partial charge in [0.2, 0.25) is 11.7 Å². The van der Waals surface area contributed by atoms with E-state index in [0.717, 1.165) is 84.1 Å². The molecule has 1 amide bonds. The van der Waals surface area contributed by atoms with Crippen LogP contribution in [0, 0.1) is 27.9 Å². The molecule has 370 valence electrons. The van der Waals surface area contributed by atoms with Crippen LogP contribution < -0.4 is 9.47 Å². The number of allylic oxidation sites excluding steroid dienone is 1. The van der Waals surface area contributed by atoms with Crippen molar-refractivity contribution in [3.8, 4) is 11.5 Å². The Morgan fingerprint density at radius 3 is 2.45 bits per heavy atom. The lowest BCUT2D eigenvalue weighted by Gasteiger charge is -2.60. The van der Waals surface area contributed by atoms with Gasteiger partial charge in [-0.1, -0.05) is 103 Å². The molecule has 13 heteroatoms. The molecule has 71 heavy (non-hydrogen) atoms. The number of nitrogens with zero attached hydrogens (tertiary/aromatic N) is 4. The molecule has 0 unspecified atom stereocenters. The smallest absolute Gasteiger partial charge is 0.269 e. The Labute approximate surface area is 415 Å². The van der Waals surface area contributed by atoms with E-state index in [1.165, 1.54) is 18.2 Å². The number of nitro benzene ring substituents is 1. The lowest BCUT2D eigenvalue weighted by Crippen LogP contribution is -2.70. The van der Waals surface area contributed by atoms with Crippen molar-refractivity contribution in [2.24, 2.45) is 22.9 Å². The molecule has 5 aromatic carbocycles. The maximum absolute atomic E-state index is 15.5. The number of aliphatic hydroxyl groups excluding tert-OH is 2. The number of non-ortho nitro benzene ring substituents is 1. The SMILES string of the molecule is C=CCO[C@@]12Oc3ccc(OCCN4CC4)cc3[C@H]3[C@H](CCCCO)[C@@H](CCCCO)C=C(C(=NOCc4ccccc4)C[C@@H]1N(Cc1cccc4ccccc14)C(=O)C=Cc1ccc([N+](=O)[O-])cc1)[C@H]32. The fourth-order valence-electron chi connectivity index (χ4n) is 11.0. The Balaban J connectivity index is 1.24. The van der Waals surface area contributed by atoms with E-state index >= 15 is 4.79 Å². The summed E-state index contributed by atoms with van der Waals surface area (Å²) in [7, 11) is 0. The minimum absolute atomic E-state index is 0.0330. The number of fused-ring (bicyclic) bond motifs is 3. The molecule has 2 fully saturated rings. The normalized spacial score (nSPS) is 22.8. The number of amides is 1. The van der Waals surface area contributed by atoms with Crippen LogP contribution >= 0.6 is 0 Å². The Bertz CT molecular complexity index is 2730. The fourth-order valence-corrected chi connectivity index (χ4v) is 11.0. The zero-order chi connectivity index (χ0) is 49.2. The van der Waals surface area contributed by atoms with Gasteiger partial charge in [-0.05, 0) is 107 Å². The van der Waals surface area contributed by atoms with Crippen LogP contribution in [0.15, 0.2) is 151 Å². The van der Waals surface area contributed by atoms with E-state index in [1.807, 2.05) is 71.6 Å². The van der Waals surface area contributed by atoms with E-state index < -0.39 is 22.7 Å². The summed E-state index contributed by atoms with van der Waals surface area (Å²) in [4.78, 5) is 37.1. The van der Waals surface area contributed by atoms with Gasteiger partial charge in [0.15, 0.2) is 0 Å². The molecular formula is C58H64N4O9. The molecule has 0 bridgehead atoms. The molecule has 6 atom stereocenters. The number of carbonyl (C=O) groups excluding carboxylic acids is 1. The number of carbonyl (C=O) groups is 1. The number of oxime groups is 1. The molecule has 2 aliphatic heterocycles.